The van der Waals surface area contributed by atoms with Gasteiger partial charge in [0.1, 0.15) is 23.8 Å². The number of hydrogen-bond acceptors (Lipinski definition) is 7. The SMILES string of the molecule is COC(=O)c1cncnc1N1CCOCC1C(N)=O. The molecule has 0 saturated carbocycles. The first-order chi connectivity index (χ1) is 9.15. The van der Waals surface area contributed by atoms with E-state index in [2.05, 4.69) is 14.7 Å². The summed E-state index contributed by atoms with van der Waals surface area (Å²) >= 11 is 0. The van der Waals surface area contributed by atoms with Crippen LogP contribution in [0.4, 0.5) is 5.82 Å². The molecule has 1 aliphatic rings. The Morgan fingerprint density at radius 3 is 3.05 bits per heavy atom. The van der Waals surface area contributed by atoms with E-state index in [1.807, 2.05) is 0 Å². The van der Waals surface area contributed by atoms with E-state index >= 15 is 0 Å². The molecule has 1 saturated heterocycles. The molecule has 1 amide bonds. The van der Waals surface area contributed by atoms with E-state index in [4.69, 9.17) is 10.5 Å². The molecule has 0 aromatic carbocycles. The van der Waals surface area contributed by atoms with Crippen LogP contribution >= 0.6 is 0 Å². The number of primary amides is 1. The number of carbonyl (C=O) groups excluding carboxylic acids is 2. The van der Waals surface area contributed by atoms with Crippen LogP contribution in [0.15, 0.2) is 12.5 Å². The highest BCUT2D eigenvalue weighted by Crippen LogP contribution is 2.21. The molecule has 2 heterocycles. The van der Waals surface area contributed by atoms with Crippen molar-refractivity contribution in [1.29, 1.82) is 0 Å². The molecule has 8 heteroatoms. The Labute approximate surface area is 109 Å². The fraction of sp³-hybridized carbons (Fsp3) is 0.455. The average Bonchev–Trinajstić information content (AvgIpc) is 2.46. The number of hydrogen-bond donors (Lipinski definition) is 1. The van der Waals surface area contributed by atoms with Crippen LogP contribution in [-0.4, -0.2) is 54.8 Å². The van der Waals surface area contributed by atoms with Crippen molar-refractivity contribution >= 4 is 17.7 Å². The molecular formula is C11H14N4O4. The molecule has 0 bridgehead atoms. The van der Waals surface area contributed by atoms with Crippen LogP contribution in [-0.2, 0) is 14.3 Å². The molecular weight excluding hydrogens is 252 g/mol. The summed E-state index contributed by atoms with van der Waals surface area (Å²) in [7, 11) is 1.27. The number of carbonyl (C=O) groups is 2. The van der Waals surface area contributed by atoms with Gasteiger partial charge in [0.2, 0.25) is 5.91 Å². The van der Waals surface area contributed by atoms with E-state index in [9.17, 15) is 9.59 Å². The van der Waals surface area contributed by atoms with E-state index in [0.29, 0.717) is 19.0 Å². The zero-order valence-electron chi connectivity index (χ0n) is 10.4. The van der Waals surface area contributed by atoms with E-state index < -0.39 is 17.9 Å². The third kappa shape index (κ3) is 2.63. The van der Waals surface area contributed by atoms with Crippen LogP contribution in [0.3, 0.4) is 0 Å². The number of anilines is 1. The normalized spacial score (nSPS) is 19.0. The van der Waals surface area contributed by atoms with E-state index in [1.54, 1.807) is 4.90 Å². The van der Waals surface area contributed by atoms with Crippen molar-refractivity contribution in [2.45, 2.75) is 6.04 Å². The molecule has 0 spiro atoms. The molecule has 19 heavy (non-hydrogen) atoms. The number of morpholine rings is 1. The molecule has 102 valence electrons. The van der Waals surface area contributed by atoms with Gasteiger partial charge < -0.3 is 20.1 Å². The first kappa shape index (κ1) is 13.2. The Hall–Kier alpha value is -2.22. The van der Waals surface area contributed by atoms with Crippen LogP contribution in [0.2, 0.25) is 0 Å². The second kappa shape index (κ2) is 5.61. The van der Waals surface area contributed by atoms with Crippen molar-refractivity contribution < 1.29 is 19.1 Å². The maximum atomic E-state index is 11.7. The molecule has 1 unspecified atom stereocenters. The van der Waals surface area contributed by atoms with Crippen LogP contribution in [0.25, 0.3) is 0 Å². The van der Waals surface area contributed by atoms with Crippen LogP contribution < -0.4 is 10.6 Å². The number of methoxy groups -OCH3 is 1. The van der Waals surface area contributed by atoms with Gasteiger partial charge in [-0.15, -0.1) is 0 Å². The molecule has 2 rings (SSSR count). The minimum absolute atomic E-state index is 0.167. The molecule has 8 nitrogen and oxygen atoms in total. The number of aromatic nitrogens is 2. The Bertz CT molecular complexity index is 493. The predicted molar refractivity (Wildman–Crippen MR) is 64.5 cm³/mol. The summed E-state index contributed by atoms with van der Waals surface area (Å²) < 4.78 is 9.89. The van der Waals surface area contributed by atoms with E-state index in [1.165, 1.54) is 19.6 Å². The van der Waals surface area contributed by atoms with Gasteiger partial charge in [0, 0.05) is 12.7 Å². The molecule has 1 aromatic heterocycles. The van der Waals surface area contributed by atoms with Crippen LogP contribution in [0.5, 0.6) is 0 Å². The number of rotatable bonds is 3. The quantitative estimate of drug-likeness (QED) is 0.696. The zero-order chi connectivity index (χ0) is 13.8. The first-order valence-corrected chi connectivity index (χ1v) is 5.67. The third-order valence-corrected chi connectivity index (χ3v) is 2.83. The summed E-state index contributed by atoms with van der Waals surface area (Å²) in [6.07, 6.45) is 2.65. The second-order valence-electron chi connectivity index (χ2n) is 3.94. The monoisotopic (exact) mass is 266 g/mol. The fourth-order valence-electron chi connectivity index (χ4n) is 1.90. The van der Waals surface area contributed by atoms with Crippen molar-refractivity contribution in [3.8, 4) is 0 Å². The molecule has 2 N–H and O–H groups in total. The van der Waals surface area contributed by atoms with Crippen molar-refractivity contribution in [3.05, 3.63) is 18.1 Å². The number of amides is 1. The van der Waals surface area contributed by atoms with Gasteiger partial charge in [0.05, 0.1) is 20.3 Å². The summed E-state index contributed by atoms with van der Waals surface area (Å²) in [4.78, 5) is 32.6. The average molecular weight is 266 g/mol. The Morgan fingerprint density at radius 2 is 2.37 bits per heavy atom. The third-order valence-electron chi connectivity index (χ3n) is 2.83. The van der Waals surface area contributed by atoms with E-state index in [-0.39, 0.29) is 12.2 Å². The number of nitrogens with two attached hydrogens (primary N) is 1. The highest BCUT2D eigenvalue weighted by atomic mass is 16.5. The number of esters is 1. The summed E-state index contributed by atoms with van der Waals surface area (Å²) in [6, 6.07) is -0.660. The topological polar surface area (TPSA) is 108 Å². The summed E-state index contributed by atoms with van der Waals surface area (Å²) in [5.41, 5.74) is 5.53. The van der Waals surface area contributed by atoms with Gasteiger partial charge in [0.15, 0.2) is 0 Å². The zero-order valence-corrected chi connectivity index (χ0v) is 10.4. The Balaban J connectivity index is 2.39. The predicted octanol–water partition coefficient (Wildman–Crippen LogP) is -1.05. The lowest BCUT2D eigenvalue weighted by molar-refractivity contribution is -0.121. The molecule has 1 fully saturated rings. The van der Waals surface area contributed by atoms with Gasteiger partial charge >= 0.3 is 5.97 Å². The van der Waals surface area contributed by atoms with Gasteiger partial charge in [-0.05, 0) is 0 Å². The molecule has 0 aliphatic carbocycles. The van der Waals surface area contributed by atoms with Gasteiger partial charge in [-0.1, -0.05) is 0 Å². The molecule has 0 radical (unpaired) electrons. The van der Waals surface area contributed by atoms with Crippen molar-refractivity contribution in [2.75, 3.05) is 31.8 Å². The van der Waals surface area contributed by atoms with Crippen molar-refractivity contribution in [1.82, 2.24) is 9.97 Å². The summed E-state index contributed by atoms with van der Waals surface area (Å²) in [5, 5.41) is 0. The second-order valence-corrected chi connectivity index (χ2v) is 3.94. The van der Waals surface area contributed by atoms with Crippen molar-refractivity contribution in [2.24, 2.45) is 5.73 Å². The molecule has 1 aromatic rings. The lowest BCUT2D eigenvalue weighted by atomic mass is 10.2. The smallest absolute Gasteiger partial charge is 0.343 e. The minimum atomic E-state index is -0.660. The highest BCUT2D eigenvalue weighted by molar-refractivity contribution is 5.95. The lowest BCUT2D eigenvalue weighted by Gasteiger charge is -2.34. The van der Waals surface area contributed by atoms with Crippen LogP contribution in [0, 0.1) is 0 Å². The van der Waals surface area contributed by atoms with Gasteiger partial charge in [-0.3, -0.25) is 4.79 Å². The Kier molecular flexibility index (Phi) is 3.91. The number of nitrogens with zero attached hydrogens (tertiary/aromatic N) is 3. The molecule has 1 atom stereocenters. The lowest BCUT2D eigenvalue weighted by Crippen LogP contribution is -2.53. The van der Waals surface area contributed by atoms with E-state index in [0.717, 1.165) is 0 Å². The van der Waals surface area contributed by atoms with Crippen molar-refractivity contribution in [3.63, 3.8) is 0 Å². The number of ether oxygens (including phenoxy) is 2. The van der Waals surface area contributed by atoms with Crippen LogP contribution in [0.1, 0.15) is 10.4 Å². The molecule has 1 aliphatic heterocycles. The maximum Gasteiger partial charge on any atom is 0.343 e. The first-order valence-electron chi connectivity index (χ1n) is 5.67. The Morgan fingerprint density at radius 1 is 1.58 bits per heavy atom. The van der Waals surface area contributed by atoms with Gasteiger partial charge in [-0.2, -0.15) is 0 Å². The largest absolute Gasteiger partial charge is 0.465 e. The van der Waals surface area contributed by atoms with Gasteiger partial charge in [0.25, 0.3) is 0 Å². The summed E-state index contributed by atoms with van der Waals surface area (Å²) in [6.45, 7) is 1.00. The van der Waals surface area contributed by atoms with Gasteiger partial charge in [-0.25, -0.2) is 14.8 Å². The fourth-order valence-corrected chi connectivity index (χ4v) is 1.90. The minimum Gasteiger partial charge on any atom is -0.465 e. The maximum absolute atomic E-state index is 11.7. The summed E-state index contributed by atoms with van der Waals surface area (Å²) in [5.74, 6) is -0.770. The highest BCUT2D eigenvalue weighted by Gasteiger charge is 2.31. The standard InChI is InChI=1S/C11H14N4O4/c1-18-11(17)7-4-13-6-14-10(7)15-2-3-19-5-8(15)9(12)16/h4,6,8H,2-3,5H2,1H3,(H2,12,16).